The zero-order valence-corrected chi connectivity index (χ0v) is 10.00. The van der Waals surface area contributed by atoms with Crippen LogP contribution in [0, 0.1) is 0 Å². The minimum atomic E-state index is 1.10. The summed E-state index contributed by atoms with van der Waals surface area (Å²) >= 11 is 5.14. The smallest absolute Gasteiger partial charge is 0.0546 e. The average Bonchev–Trinajstić information content (AvgIpc) is 2.78. The molecule has 1 aromatic heterocycles. The summed E-state index contributed by atoms with van der Waals surface area (Å²) in [4.78, 5) is 3.43. The number of aromatic nitrogens is 1. The Morgan fingerprint density at radius 1 is 0.882 bits per heavy atom. The average molecular weight is 237 g/mol. The molecule has 0 aliphatic carbocycles. The lowest BCUT2D eigenvalue weighted by Crippen LogP contribution is -1.82. The van der Waals surface area contributed by atoms with Crippen molar-refractivity contribution in [3.05, 3.63) is 60.2 Å². The van der Waals surface area contributed by atoms with Crippen molar-refractivity contribution in [3.8, 4) is 11.3 Å². The lowest BCUT2D eigenvalue weighted by Gasteiger charge is -1.99. The van der Waals surface area contributed by atoms with Gasteiger partial charge >= 0.3 is 0 Å². The maximum atomic E-state index is 5.14. The standard InChI is InChI=1S/C15H11NS/c17-10-13-12-8-4-5-9-14(12)16-15(13)11-6-2-1-3-7-11/h1-10,16H. The van der Waals surface area contributed by atoms with Crippen molar-refractivity contribution < 1.29 is 0 Å². The Balaban J connectivity index is 2.33. The number of rotatable bonds is 2. The van der Waals surface area contributed by atoms with Crippen LogP contribution in [0.25, 0.3) is 22.2 Å². The Kier molecular flexibility index (Phi) is 2.50. The van der Waals surface area contributed by atoms with Gasteiger partial charge in [0, 0.05) is 21.8 Å². The first kappa shape index (κ1) is 10.2. The first-order valence-electron chi connectivity index (χ1n) is 5.51. The van der Waals surface area contributed by atoms with Gasteiger partial charge in [0.15, 0.2) is 0 Å². The molecule has 2 heteroatoms. The molecule has 0 spiro atoms. The maximum Gasteiger partial charge on any atom is 0.0546 e. The lowest BCUT2D eigenvalue weighted by atomic mass is 10.1. The zero-order valence-electron chi connectivity index (χ0n) is 9.18. The molecule has 1 N–H and O–H groups in total. The summed E-state index contributed by atoms with van der Waals surface area (Å²) < 4.78 is 0. The highest BCUT2D eigenvalue weighted by Crippen LogP contribution is 2.28. The van der Waals surface area contributed by atoms with E-state index in [1.54, 1.807) is 5.37 Å². The molecule has 2 aromatic carbocycles. The lowest BCUT2D eigenvalue weighted by molar-refractivity contribution is 1.45. The Hall–Kier alpha value is -1.93. The molecule has 0 aliphatic rings. The third-order valence-corrected chi connectivity index (χ3v) is 3.16. The minimum Gasteiger partial charge on any atom is -0.354 e. The van der Waals surface area contributed by atoms with E-state index in [1.165, 1.54) is 10.9 Å². The number of para-hydroxylation sites is 1. The summed E-state index contributed by atoms with van der Waals surface area (Å²) in [5.74, 6) is 0. The largest absolute Gasteiger partial charge is 0.354 e. The molecule has 0 bridgehead atoms. The number of hydrogen-bond donors (Lipinski definition) is 1. The highest BCUT2D eigenvalue weighted by atomic mass is 32.1. The van der Waals surface area contributed by atoms with E-state index in [9.17, 15) is 0 Å². The van der Waals surface area contributed by atoms with Crippen LogP contribution in [0.15, 0.2) is 54.6 Å². The van der Waals surface area contributed by atoms with Gasteiger partial charge in [0.25, 0.3) is 0 Å². The molecule has 82 valence electrons. The van der Waals surface area contributed by atoms with Crippen LogP contribution in [0.4, 0.5) is 0 Å². The van der Waals surface area contributed by atoms with E-state index >= 15 is 0 Å². The number of nitrogens with one attached hydrogen (secondary N) is 1. The number of benzene rings is 2. The summed E-state index contributed by atoms with van der Waals surface area (Å²) in [5.41, 5.74) is 4.49. The van der Waals surface area contributed by atoms with Gasteiger partial charge in [-0.05, 0) is 11.6 Å². The fourth-order valence-corrected chi connectivity index (χ4v) is 2.36. The molecule has 3 rings (SSSR count). The van der Waals surface area contributed by atoms with Crippen molar-refractivity contribution in [1.82, 2.24) is 4.98 Å². The Morgan fingerprint density at radius 2 is 1.59 bits per heavy atom. The van der Waals surface area contributed by atoms with Crippen molar-refractivity contribution in [2.45, 2.75) is 0 Å². The van der Waals surface area contributed by atoms with Crippen molar-refractivity contribution in [2.24, 2.45) is 0 Å². The number of H-pyrrole nitrogens is 1. The highest BCUT2D eigenvalue weighted by molar-refractivity contribution is 7.79. The first-order valence-corrected chi connectivity index (χ1v) is 5.98. The van der Waals surface area contributed by atoms with E-state index in [-0.39, 0.29) is 0 Å². The summed E-state index contributed by atoms with van der Waals surface area (Å²) in [6, 6.07) is 18.5. The quantitative estimate of drug-likeness (QED) is 0.661. The molecule has 3 aromatic rings. The van der Waals surface area contributed by atoms with Crippen LogP contribution in [-0.4, -0.2) is 10.4 Å². The number of thiocarbonyl (C=S) groups is 1. The predicted molar refractivity (Wildman–Crippen MR) is 76.5 cm³/mol. The van der Waals surface area contributed by atoms with Gasteiger partial charge in [0.05, 0.1) is 5.69 Å². The van der Waals surface area contributed by atoms with Crippen molar-refractivity contribution >= 4 is 28.5 Å². The molecule has 0 unspecified atom stereocenters. The van der Waals surface area contributed by atoms with Crippen LogP contribution in [0.1, 0.15) is 5.56 Å². The minimum absolute atomic E-state index is 1.10. The van der Waals surface area contributed by atoms with E-state index in [0.717, 1.165) is 16.8 Å². The summed E-state index contributed by atoms with van der Waals surface area (Å²) in [7, 11) is 0. The van der Waals surface area contributed by atoms with Gasteiger partial charge in [0.1, 0.15) is 0 Å². The summed E-state index contributed by atoms with van der Waals surface area (Å²) in [6.07, 6.45) is 0. The number of fused-ring (bicyclic) bond motifs is 1. The topological polar surface area (TPSA) is 15.8 Å². The number of hydrogen-bond acceptors (Lipinski definition) is 1. The van der Waals surface area contributed by atoms with Crippen molar-refractivity contribution in [1.29, 1.82) is 0 Å². The highest BCUT2D eigenvalue weighted by Gasteiger charge is 2.09. The Bertz CT molecular complexity index is 668. The summed E-state index contributed by atoms with van der Waals surface area (Å²) in [6.45, 7) is 0. The van der Waals surface area contributed by atoms with Crippen LogP contribution in [0.5, 0.6) is 0 Å². The monoisotopic (exact) mass is 237 g/mol. The zero-order chi connectivity index (χ0) is 11.7. The van der Waals surface area contributed by atoms with Crippen LogP contribution in [-0.2, 0) is 0 Å². The molecular weight excluding hydrogens is 226 g/mol. The van der Waals surface area contributed by atoms with Gasteiger partial charge in [0.2, 0.25) is 0 Å². The second-order valence-electron chi connectivity index (χ2n) is 3.94. The molecule has 0 amide bonds. The van der Waals surface area contributed by atoms with Crippen LogP contribution in [0.3, 0.4) is 0 Å². The van der Waals surface area contributed by atoms with Gasteiger partial charge in [-0.2, -0.15) is 0 Å². The molecule has 17 heavy (non-hydrogen) atoms. The molecule has 0 atom stereocenters. The van der Waals surface area contributed by atoms with E-state index in [0.29, 0.717) is 0 Å². The third kappa shape index (κ3) is 1.67. The molecule has 0 aliphatic heterocycles. The SMILES string of the molecule is S=Cc1c(-c2ccccc2)[nH]c2ccccc12. The first-order chi connectivity index (χ1) is 8.40. The fourth-order valence-electron chi connectivity index (χ4n) is 2.12. The van der Waals surface area contributed by atoms with Crippen LogP contribution < -0.4 is 0 Å². The Labute approximate surface area is 105 Å². The van der Waals surface area contributed by atoms with Crippen LogP contribution in [0.2, 0.25) is 0 Å². The molecule has 1 nitrogen and oxygen atoms in total. The predicted octanol–water partition coefficient (Wildman–Crippen LogP) is 4.18. The van der Waals surface area contributed by atoms with E-state index in [2.05, 4.69) is 29.2 Å². The van der Waals surface area contributed by atoms with Crippen LogP contribution >= 0.6 is 12.2 Å². The maximum absolute atomic E-state index is 5.14. The number of aromatic amines is 1. The second kappa shape index (κ2) is 4.15. The summed E-state index contributed by atoms with van der Waals surface area (Å²) in [5, 5.41) is 2.93. The normalized spacial score (nSPS) is 10.6. The molecule has 0 saturated carbocycles. The van der Waals surface area contributed by atoms with E-state index < -0.39 is 0 Å². The fraction of sp³-hybridized carbons (Fsp3) is 0. The molecule has 0 fully saturated rings. The van der Waals surface area contributed by atoms with Gasteiger partial charge in [-0.25, -0.2) is 0 Å². The Morgan fingerprint density at radius 3 is 2.35 bits per heavy atom. The van der Waals surface area contributed by atoms with E-state index in [1.807, 2.05) is 30.3 Å². The third-order valence-electron chi connectivity index (χ3n) is 2.93. The van der Waals surface area contributed by atoms with Gasteiger partial charge in [-0.15, -0.1) is 0 Å². The van der Waals surface area contributed by atoms with Crippen molar-refractivity contribution in [3.63, 3.8) is 0 Å². The van der Waals surface area contributed by atoms with Gasteiger partial charge < -0.3 is 4.98 Å². The molecule has 1 heterocycles. The molecule has 0 radical (unpaired) electrons. The second-order valence-corrected chi connectivity index (χ2v) is 4.18. The van der Waals surface area contributed by atoms with E-state index in [4.69, 9.17) is 12.2 Å². The molecule has 0 saturated heterocycles. The molecular formula is C15H11NS. The van der Waals surface area contributed by atoms with Gasteiger partial charge in [-0.3, -0.25) is 0 Å². The van der Waals surface area contributed by atoms with Crippen molar-refractivity contribution in [2.75, 3.05) is 0 Å². The van der Waals surface area contributed by atoms with Gasteiger partial charge in [-0.1, -0.05) is 60.7 Å².